The van der Waals surface area contributed by atoms with Crippen LogP contribution in [0.2, 0.25) is 0 Å². The van der Waals surface area contributed by atoms with Crippen LogP contribution in [0.15, 0.2) is 297 Å². The minimum atomic E-state index is -0.471. The van der Waals surface area contributed by atoms with E-state index in [4.69, 9.17) is 0 Å². The molecule has 72 heavy (non-hydrogen) atoms. The third-order valence-electron chi connectivity index (χ3n) is 14.7. The Kier molecular flexibility index (Phi) is 10.8. The molecule has 0 heterocycles. The number of hydrogen-bond donors (Lipinski definition) is 0. The van der Waals surface area contributed by atoms with Gasteiger partial charge in [0.05, 0.1) is 11.1 Å². The number of rotatable bonds is 10. The zero-order valence-electron chi connectivity index (χ0n) is 39.7. The van der Waals surface area contributed by atoms with Crippen molar-refractivity contribution in [1.82, 2.24) is 0 Å². The maximum atomic E-state index is 2.45. The maximum absolute atomic E-state index is 2.45. The van der Waals surface area contributed by atoms with Gasteiger partial charge in [-0.3, -0.25) is 0 Å². The molecule has 0 amide bonds. The van der Waals surface area contributed by atoms with Crippen LogP contribution in [0, 0.1) is 0 Å². The van der Waals surface area contributed by atoms with Crippen LogP contribution in [0.3, 0.4) is 0 Å². The molecule has 13 rings (SSSR count). The van der Waals surface area contributed by atoms with Crippen LogP contribution in [-0.4, -0.2) is 0 Å². The third-order valence-corrected chi connectivity index (χ3v) is 14.7. The second kappa shape index (κ2) is 18.2. The average Bonchev–Trinajstić information content (AvgIpc) is 3.76. The lowest BCUT2D eigenvalue weighted by Crippen LogP contribution is -2.28. The lowest BCUT2D eigenvalue weighted by atomic mass is 9.67. The summed E-state index contributed by atoms with van der Waals surface area (Å²) in [6.45, 7) is 0. The Labute approximate surface area is 422 Å². The highest BCUT2D eigenvalue weighted by molar-refractivity contribution is 5.98. The van der Waals surface area contributed by atoms with Crippen molar-refractivity contribution in [3.63, 3.8) is 0 Å². The minimum absolute atomic E-state index is 0.471. The van der Waals surface area contributed by atoms with Gasteiger partial charge in [-0.1, -0.05) is 249 Å². The predicted octanol–water partition coefficient (Wildman–Crippen LogP) is 19.0. The Morgan fingerprint density at radius 2 is 0.694 bits per heavy atom. The molecule has 1 aliphatic rings. The zero-order valence-corrected chi connectivity index (χ0v) is 39.7. The summed E-state index contributed by atoms with van der Waals surface area (Å²) in [6, 6.07) is 109. The van der Waals surface area contributed by atoms with Gasteiger partial charge in [0.2, 0.25) is 0 Å². The Morgan fingerprint density at radius 3 is 1.44 bits per heavy atom. The highest BCUT2D eigenvalue weighted by atomic mass is 15.1. The lowest BCUT2D eigenvalue weighted by molar-refractivity contribution is 0.769. The van der Waals surface area contributed by atoms with Crippen LogP contribution in [-0.2, 0) is 5.41 Å². The standard InChI is InChI=1S/C71H49N/c1-4-20-50(21-5-1)53-24-16-25-54(46-53)55-26-18-33-62(48-55)72(70-39-15-13-35-65(70)58-28-17-27-57(47-58)64-37-19-23-52-22-10-11-34-63(52)64)61-43-40-51(41-44-61)56-42-45-67-66-36-12-14-38-68(66)71(69(67)49-56,59-29-6-2-7-30-59)60-31-8-3-9-32-60/h1-49H. The van der Waals surface area contributed by atoms with Gasteiger partial charge in [0.25, 0.3) is 0 Å². The molecule has 0 bridgehead atoms. The molecular weight excluding hydrogens is 867 g/mol. The Balaban J connectivity index is 0.949. The van der Waals surface area contributed by atoms with Crippen LogP contribution in [0.5, 0.6) is 0 Å². The van der Waals surface area contributed by atoms with Gasteiger partial charge in [-0.2, -0.15) is 0 Å². The topological polar surface area (TPSA) is 3.24 Å². The second-order valence-corrected chi connectivity index (χ2v) is 18.8. The smallest absolute Gasteiger partial charge is 0.0713 e. The van der Waals surface area contributed by atoms with E-state index in [-0.39, 0.29) is 0 Å². The van der Waals surface area contributed by atoms with E-state index in [1.165, 1.54) is 77.5 Å². The van der Waals surface area contributed by atoms with E-state index in [0.29, 0.717) is 0 Å². The molecule has 0 spiro atoms. The SMILES string of the molecule is c1ccc(-c2cccc(-c3cccc(N(c4ccc(-c5ccc6c(c5)C(c5ccccc5)(c5ccccc5)c5ccccc5-6)cc4)c4ccccc4-c4cccc(-c5cccc6ccccc56)c4)c3)c2)cc1. The van der Waals surface area contributed by atoms with E-state index in [0.717, 1.165) is 39.3 Å². The maximum Gasteiger partial charge on any atom is 0.0713 e. The van der Waals surface area contributed by atoms with Crippen LogP contribution < -0.4 is 4.90 Å². The average molecular weight is 916 g/mol. The first-order chi connectivity index (χ1) is 35.7. The summed E-state index contributed by atoms with van der Waals surface area (Å²) in [5.41, 5.74) is 22.3. The van der Waals surface area contributed by atoms with Gasteiger partial charge in [-0.25, -0.2) is 0 Å². The molecular formula is C71H49N. The third kappa shape index (κ3) is 7.42. The number of anilines is 3. The molecule has 0 saturated carbocycles. The summed E-state index contributed by atoms with van der Waals surface area (Å²) >= 11 is 0. The Hall–Kier alpha value is -9.30. The van der Waals surface area contributed by atoms with Crippen molar-refractivity contribution in [2.24, 2.45) is 0 Å². The van der Waals surface area contributed by atoms with Crippen molar-refractivity contribution in [1.29, 1.82) is 0 Å². The molecule has 1 aliphatic carbocycles. The van der Waals surface area contributed by atoms with E-state index in [1.807, 2.05) is 0 Å². The molecule has 0 aromatic heterocycles. The highest BCUT2D eigenvalue weighted by Gasteiger charge is 2.46. The monoisotopic (exact) mass is 915 g/mol. The molecule has 0 N–H and O–H groups in total. The Bertz CT molecular complexity index is 3870. The van der Waals surface area contributed by atoms with Gasteiger partial charge in [0.1, 0.15) is 0 Å². The number of nitrogens with zero attached hydrogens (tertiary/aromatic N) is 1. The van der Waals surface area contributed by atoms with Gasteiger partial charge < -0.3 is 4.90 Å². The van der Waals surface area contributed by atoms with Crippen molar-refractivity contribution in [2.75, 3.05) is 4.90 Å². The summed E-state index contributed by atoms with van der Waals surface area (Å²) < 4.78 is 0. The van der Waals surface area contributed by atoms with E-state index in [2.05, 4.69) is 302 Å². The molecule has 1 nitrogen and oxygen atoms in total. The summed E-state index contributed by atoms with van der Waals surface area (Å²) in [5, 5.41) is 2.49. The molecule has 0 fully saturated rings. The van der Waals surface area contributed by atoms with Crippen LogP contribution in [0.4, 0.5) is 17.1 Å². The largest absolute Gasteiger partial charge is 0.310 e. The van der Waals surface area contributed by atoms with Crippen LogP contribution >= 0.6 is 0 Å². The molecule has 0 unspecified atom stereocenters. The number of hydrogen-bond acceptors (Lipinski definition) is 1. The van der Waals surface area contributed by atoms with Crippen molar-refractivity contribution >= 4 is 27.8 Å². The molecule has 0 atom stereocenters. The fourth-order valence-corrected chi connectivity index (χ4v) is 11.4. The van der Waals surface area contributed by atoms with E-state index in [9.17, 15) is 0 Å². The van der Waals surface area contributed by atoms with Crippen LogP contribution in [0.25, 0.3) is 77.5 Å². The van der Waals surface area contributed by atoms with Gasteiger partial charge >= 0.3 is 0 Å². The molecule has 12 aromatic rings. The number of benzene rings is 12. The van der Waals surface area contributed by atoms with E-state index in [1.54, 1.807) is 0 Å². The number of fused-ring (bicyclic) bond motifs is 4. The first kappa shape index (κ1) is 42.8. The zero-order chi connectivity index (χ0) is 47.8. The van der Waals surface area contributed by atoms with Gasteiger partial charge in [0.15, 0.2) is 0 Å². The quantitative estimate of drug-likeness (QED) is 0.132. The summed E-state index contributed by atoms with van der Waals surface area (Å²) in [5.74, 6) is 0. The minimum Gasteiger partial charge on any atom is -0.310 e. The van der Waals surface area contributed by atoms with Crippen molar-refractivity contribution in [2.45, 2.75) is 5.41 Å². The molecule has 0 aliphatic heterocycles. The van der Waals surface area contributed by atoms with E-state index < -0.39 is 5.41 Å². The van der Waals surface area contributed by atoms with Crippen LogP contribution in [0.1, 0.15) is 22.3 Å². The molecule has 0 saturated heterocycles. The normalized spacial score (nSPS) is 12.3. The van der Waals surface area contributed by atoms with E-state index >= 15 is 0 Å². The molecule has 12 aromatic carbocycles. The highest BCUT2D eigenvalue weighted by Crippen LogP contribution is 2.57. The summed E-state index contributed by atoms with van der Waals surface area (Å²) in [7, 11) is 0. The first-order valence-electron chi connectivity index (χ1n) is 24.9. The van der Waals surface area contributed by atoms with Gasteiger partial charge in [-0.15, -0.1) is 0 Å². The fourth-order valence-electron chi connectivity index (χ4n) is 11.4. The van der Waals surface area contributed by atoms with Crippen molar-refractivity contribution < 1.29 is 0 Å². The predicted molar refractivity (Wildman–Crippen MR) is 303 cm³/mol. The molecule has 1 heteroatoms. The lowest BCUT2D eigenvalue weighted by Gasteiger charge is -2.34. The van der Waals surface area contributed by atoms with Crippen molar-refractivity contribution in [3.05, 3.63) is 320 Å². The van der Waals surface area contributed by atoms with Crippen molar-refractivity contribution in [3.8, 4) is 66.8 Å². The molecule has 338 valence electrons. The second-order valence-electron chi connectivity index (χ2n) is 18.8. The fraction of sp³-hybridized carbons (Fsp3) is 0.0141. The number of para-hydroxylation sites is 1. The van der Waals surface area contributed by atoms with Gasteiger partial charge in [-0.05, 0) is 143 Å². The summed E-state index contributed by atoms with van der Waals surface area (Å²) in [6.07, 6.45) is 0. The van der Waals surface area contributed by atoms with Gasteiger partial charge in [0, 0.05) is 16.9 Å². The summed E-state index contributed by atoms with van der Waals surface area (Å²) in [4.78, 5) is 2.43. The first-order valence-corrected chi connectivity index (χ1v) is 24.9. The molecule has 0 radical (unpaired) electrons. The Morgan fingerprint density at radius 1 is 0.236 bits per heavy atom.